The van der Waals surface area contributed by atoms with E-state index < -0.39 is 0 Å². The van der Waals surface area contributed by atoms with Gasteiger partial charge >= 0.3 is 0 Å². The molecule has 0 bridgehead atoms. The van der Waals surface area contributed by atoms with Crippen LogP contribution in [0.25, 0.3) is 0 Å². The maximum absolute atomic E-state index is 5.27. The predicted octanol–water partition coefficient (Wildman–Crippen LogP) is 3.29. The van der Waals surface area contributed by atoms with Crippen molar-refractivity contribution in [3.8, 4) is 11.5 Å². The van der Waals surface area contributed by atoms with Gasteiger partial charge in [0.2, 0.25) is 0 Å². The number of rotatable bonds is 5. The number of anilines is 1. The van der Waals surface area contributed by atoms with E-state index in [-0.39, 0.29) is 0 Å². The molecular weight excluding hydrogens is 258 g/mol. The monoisotopic (exact) mass is 273 g/mol. The normalized spacial score (nSPS) is 9.87. The van der Waals surface area contributed by atoms with Crippen LogP contribution in [0.4, 0.5) is 5.69 Å². The smallest absolute Gasteiger partial charge is 0.143 e. The molecule has 0 heterocycles. The van der Waals surface area contributed by atoms with Crippen molar-refractivity contribution in [1.82, 2.24) is 0 Å². The minimum atomic E-state index is 0.800. The molecule has 15 heavy (non-hydrogen) atoms. The molecule has 0 radical (unpaired) electrons. The molecule has 0 atom stereocenters. The SMILES string of the molecule is CCCNc1cc(OC)c(Br)cc1OC. The van der Waals surface area contributed by atoms with Crippen LogP contribution in [-0.4, -0.2) is 20.8 Å². The van der Waals surface area contributed by atoms with Crippen molar-refractivity contribution in [2.24, 2.45) is 0 Å². The summed E-state index contributed by atoms with van der Waals surface area (Å²) in [6, 6.07) is 3.83. The van der Waals surface area contributed by atoms with Gasteiger partial charge in [-0.05, 0) is 22.4 Å². The van der Waals surface area contributed by atoms with Crippen LogP contribution < -0.4 is 14.8 Å². The number of nitrogens with one attached hydrogen (secondary N) is 1. The fourth-order valence-corrected chi connectivity index (χ4v) is 1.74. The number of benzene rings is 1. The van der Waals surface area contributed by atoms with Crippen molar-refractivity contribution in [1.29, 1.82) is 0 Å². The Morgan fingerprint density at radius 2 is 1.87 bits per heavy atom. The molecular formula is C11H16BrNO2. The highest BCUT2D eigenvalue weighted by atomic mass is 79.9. The molecule has 0 aromatic heterocycles. The van der Waals surface area contributed by atoms with Crippen LogP contribution in [0.1, 0.15) is 13.3 Å². The Morgan fingerprint density at radius 3 is 2.40 bits per heavy atom. The molecule has 0 aliphatic rings. The first-order valence-corrected chi connectivity index (χ1v) is 5.67. The minimum absolute atomic E-state index is 0.800. The summed E-state index contributed by atoms with van der Waals surface area (Å²) in [5.41, 5.74) is 0.958. The Hall–Kier alpha value is -0.900. The number of ether oxygens (including phenoxy) is 2. The molecule has 1 N–H and O–H groups in total. The van der Waals surface area contributed by atoms with Crippen LogP contribution in [0.3, 0.4) is 0 Å². The summed E-state index contributed by atoms with van der Waals surface area (Å²) in [4.78, 5) is 0. The van der Waals surface area contributed by atoms with E-state index in [0.29, 0.717) is 0 Å². The molecule has 0 unspecified atom stereocenters. The standard InChI is InChI=1S/C11H16BrNO2/c1-4-5-13-9-7-10(14-2)8(12)6-11(9)15-3/h6-7,13H,4-5H2,1-3H3. The second-order valence-corrected chi connectivity index (χ2v) is 3.97. The average molecular weight is 274 g/mol. The summed E-state index contributed by atoms with van der Waals surface area (Å²) in [6.45, 7) is 3.04. The Morgan fingerprint density at radius 1 is 1.20 bits per heavy atom. The van der Waals surface area contributed by atoms with E-state index >= 15 is 0 Å². The zero-order valence-corrected chi connectivity index (χ0v) is 10.8. The average Bonchev–Trinajstić information content (AvgIpc) is 2.26. The van der Waals surface area contributed by atoms with E-state index in [1.165, 1.54) is 0 Å². The van der Waals surface area contributed by atoms with Crippen molar-refractivity contribution in [2.75, 3.05) is 26.1 Å². The summed E-state index contributed by atoms with van der Waals surface area (Å²) >= 11 is 3.42. The van der Waals surface area contributed by atoms with Crippen LogP contribution in [0.15, 0.2) is 16.6 Å². The number of halogens is 1. The van der Waals surface area contributed by atoms with Gasteiger partial charge in [-0.2, -0.15) is 0 Å². The van der Waals surface area contributed by atoms with Crippen LogP contribution in [0, 0.1) is 0 Å². The molecule has 0 aliphatic heterocycles. The van der Waals surface area contributed by atoms with Gasteiger partial charge in [-0.15, -0.1) is 0 Å². The predicted molar refractivity (Wildman–Crippen MR) is 66.0 cm³/mol. The first-order chi connectivity index (χ1) is 7.22. The number of methoxy groups -OCH3 is 2. The third-order valence-electron chi connectivity index (χ3n) is 2.04. The second-order valence-electron chi connectivity index (χ2n) is 3.11. The highest BCUT2D eigenvalue weighted by Crippen LogP contribution is 2.35. The van der Waals surface area contributed by atoms with Crippen molar-refractivity contribution in [3.05, 3.63) is 16.6 Å². The van der Waals surface area contributed by atoms with Crippen LogP contribution >= 0.6 is 15.9 Å². The van der Waals surface area contributed by atoms with Crippen molar-refractivity contribution < 1.29 is 9.47 Å². The Bertz CT molecular complexity index is 329. The van der Waals surface area contributed by atoms with Crippen LogP contribution in [0.2, 0.25) is 0 Å². The zero-order chi connectivity index (χ0) is 11.3. The van der Waals surface area contributed by atoms with E-state index in [4.69, 9.17) is 9.47 Å². The molecule has 1 aromatic carbocycles. The molecule has 0 amide bonds. The molecule has 3 nitrogen and oxygen atoms in total. The first kappa shape index (κ1) is 12.2. The van der Waals surface area contributed by atoms with Gasteiger partial charge in [0, 0.05) is 18.7 Å². The topological polar surface area (TPSA) is 30.5 Å². The molecule has 1 rings (SSSR count). The summed E-state index contributed by atoms with van der Waals surface area (Å²) in [7, 11) is 3.31. The summed E-state index contributed by atoms with van der Waals surface area (Å²) in [6.07, 6.45) is 1.07. The van der Waals surface area contributed by atoms with Gasteiger partial charge in [-0.3, -0.25) is 0 Å². The Kier molecular flexibility index (Phi) is 4.75. The van der Waals surface area contributed by atoms with E-state index in [9.17, 15) is 0 Å². The second kappa shape index (κ2) is 5.85. The molecule has 0 saturated heterocycles. The molecule has 84 valence electrons. The van der Waals surface area contributed by atoms with E-state index in [1.807, 2.05) is 12.1 Å². The van der Waals surface area contributed by atoms with Crippen LogP contribution in [0.5, 0.6) is 11.5 Å². The highest BCUT2D eigenvalue weighted by molar-refractivity contribution is 9.10. The third kappa shape index (κ3) is 3.02. The van der Waals surface area contributed by atoms with Gasteiger partial charge in [0.1, 0.15) is 11.5 Å². The molecule has 4 heteroatoms. The first-order valence-electron chi connectivity index (χ1n) is 4.88. The lowest BCUT2D eigenvalue weighted by molar-refractivity contribution is 0.402. The van der Waals surface area contributed by atoms with Crippen molar-refractivity contribution in [2.45, 2.75) is 13.3 Å². The third-order valence-corrected chi connectivity index (χ3v) is 2.66. The van der Waals surface area contributed by atoms with Gasteiger partial charge in [-0.25, -0.2) is 0 Å². The molecule has 0 saturated carbocycles. The zero-order valence-electron chi connectivity index (χ0n) is 9.26. The van der Waals surface area contributed by atoms with Crippen LogP contribution in [-0.2, 0) is 0 Å². The lowest BCUT2D eigenvalue weighted by atomic mass is 10.2. The molecule has 0 spiro atoms. The lowest BCUT2D eigenvalue weighted by Gasteiger charge is -2.13. The highest BCUT2D eigenvalue weighted by Gasteiger charge is 2.08. The lowest BCUT2D eigenvalue weighted by Crippen LogP contribution is -2.02. The summed E-state index contributed by atoms with van der Waals surface area (Å²) in [5, 5.41) is 3.29. The van der Waals surface area contributed by atoms with Gasteiger partial charge in [0.25, 0.3) is 0 Å². The van der Waals surface area contributed by atoms with E-state index in [2.05, 4.69) is 28.2 Å². The van der Waals surface area contributed by atoms with Gasteiger partial charge in [-0.1, -0.05) is 6.92 Å². The summed E-state index contributed by atoms with van der Waals surface area (Å²) < 4.78 is 11.4. The van der Waals surface area contributed by atoms with Gasteiger partial charge in [0.15, 0.2) is 0 Å². The minimum Gasteiger partial charge on any atom is -0.495 e. The fraction of sp³-hybridized carbons (Fsp3) is 0.455. The molecule has 0 aliphatic carbocycles. The largest absolute Gasteiger partial charge is 0.495 e. The van der Waals surface area contributed by atoms with E-state index in [1.54, 1.807) is 14.2 Å². The molecule has 1 aromatic rings. The quantitative estimate of drug-likeness (QED) is 0.893. The maximum Gasteiger partial charge on any atom is 0.143 e. The Balaban J connectivity index is 2.99. The van der Waals surface area contributed by atoms with Gasteiger partial charge in [0.05, 0.1) is 24.4 Å². The molecule has 0 fully saturated rings. The summed E-state index contributed by atoms with van der Waals surface area (Å²) in [5.74, 6) is 1.62. The van der Waals surface area contributed by atoms with E-state index in [0.717, 1.165) is 34.6 Å². The maximum atomic E-state index is 5.27. The number of hydrogen-bond acceptors (Lipinski definition) is 3. The van der Waals surface area contributed by atoms with Gasteiger partial charge < -0.3 is 14.8 Å². The van der Waals surface area contributed by atoms with Crippen molar-refractivity contribution >= 4 is 21.6 Å². The Labute approximate surface area is 98.9 Å². The number of hydrogen-bond donors (Lipinski definition) is 1. The van der Waals surface area contributed by atoms with Crippen molar-refractivity contribution in [3.63, 3.8) is 0 Å². The fourth-order valence-electron chi connectivity index (χ4n) is 1.26.